The predicted molar refractivity (Wildman–Crippen MR) is 108 cm³/mol. The van der Waals surface area contributed by atoms with Gasteiger partial charge in [0.2, 0.25) is 0 Å². The number of carbonyl (C=O) groups is 2. The van der Waals surface area contributed by atoms with Crippen LogP contribution in [-0.4, -0.2) is 44.7 Å². The number of rotatable bonds is 2. The largest absolute Gasteiger partial charge is 0.391 e. The van der Waals surface area contributed by atoms with Gasteiger partial charge in [-0.2, -0.15) is 0 Å². The number of ketones is 2. The molecule has 2 N–H and O–H groups in total. The Labute approximate surface area is 176 Å². The van der Waals surface area contributed by atoms with E-state index in [1.165, 1.54) is 6.08 Å². The standard InChI is InChI=1S/C22H28Cl2O4/c1-11-6-13-14-8-16(23)15-7-12(26)4-5-21(15,3)22(14,24)18(28)9-20(13,2)19(11)17(27)10-25/h4-5,7,11,13-14,16,18-19,25,28H,6,8-10H2,1-3H3/t11?,13-,14-,16?,18?,19+,20-,21-,22-/m0/s1. The number of halogens is 2. The van der Waals surface area contributed by atoms with Crippen LogP contribution < -0.4 is 0 Å². The van der Waals surface area contributed by atoms with Crippen molar-refractivity contribution >= 4 is 34.8 Å². The molecule has 3 unspecified atom stereocenters. The Kier molecular flexibility index (Phi) is 4.71. The van der Waals surface area contributed by atoms with Gasteiger partial charge in [-0.25, -0.2) is 0 Å². The monoisotopic (exact) mass is 426 g/mol. The fourth-order valence-corrected chi connectivity index (χ4v) is 8.33. The summed E-state index contributed by atoms with van der Waals surface area (Å²) in [5, 5.41) is 20.6. The van der Waals surface area contributed by atoms with E-state index in [1.54, 1.807) is 6.08 Å². The summed E-state index contributed by atoms with van der Waals surface area (Å²) in [4.78, 5) is 23.6. The summed E-state index contributed by atoms with van der Waals surface area (Å²) in [6.45, 7) is 5.61. The van der Waals surface area contributed by atoms with Crippen molar-refractivity contribution in [1.82, 2.24) is 0 Å². The molecule has 6 heteroatoms. The smallest absolute Gasteiger partial charge is 0.178 e. The number of aliphatic hydroxyl groups excluding tert-OH is 2. The summed E-state index contributed by atoms with van der Waals surface area (Å²) in [7, 11) is 0. The Hall–Kier alpha value is -0.680. The molecule has 4 nitrogen and oxygen atoms in total. The average molecular weight is 427 g/mol. The van der Waals surface area contributed by atoms with Crippen LogP contribution in [0.4, 0.5) is 0 Å². The van der Waals surface area contributed by atoms with E-state index in [0.29, 0.717) is 12.8 Å². The highest BCUT2D eigenvalue weighted by Gasteiger charge is 2.71. The molecule has 0 heterocycles. The van der Waals surface area contributed by atoms with Gasteiger partial charge in [-0.1, -0.05) is 26.8 Å². The molecule has 0 aliphatic heterocycles. The lowest BCUT2D eigenvalue weighted by atomic mass is 9.46. The van der Waals surface area contributed by atoms with E-state index in [-0.39, 0.29) is 40.6 Å². The van der Waals surface area contributed by atoms with Crippen molar-refractivity contribution in [3.8, 4) is 0 Å². The Morgan fingerprint density at radius 2 is 1.96 bits per heavy atom. The number of hydrogen-bond acceptors (Lipinski definition) is 4. The minimum absolute atomic E-state index is 0.0932. The molecular formula is C22H28Cl2O4. The van der Waals surface area contributed by atoms with Crippen LogP contribution in [0.15, 0.2) is 23.8 Å². The molecule has 9 atom stereocenters. The number of carbonyl (C=O) groups excluding carboxylic acids is 2. The first-order chi connectivity index (χ1) is 13.0. The van der Waals surface area contributed by atoms with Gasteiger partial charge in [0.05, 0.1) is 16.4 Å². The molecule has 0 aromatic rings. The molecule has 0 radical (unpaired) electrons. The van der Waals surface area contributed by atoms with Gasteiger partial charge in [0, 0.05) is 11.3 Å². The van der Waals surface area contributed by atoms with Crippen molar-refractivity contribution < 1.29 is 19.8 Å². The summed E-state index contributed by atoms with van der Waals surface area (Å²) in [5.41, 5.74) is -0.366. The molecule has 4 aliphatic rings. The summed E-state index contributed by atoms with van der Waals surface area (Å²) in [6, 6.07) is 0. The molecule has 154 valence electrons. The highest BCUT2D eigenvalue weighted by atomic mass is 35.5. The molecule has 3 saturated carbocycles. The van der Waals surface area contributed by atoms with Gasteiger partial charge in [0.15, 0.2) is 11.6 Å². The van der Waals surface area contributed by atoms with Crippen molar-refractivity contribution in [2.24, 2.45) is 34.5 Å². The van der Waals surface area contributed by atoms with Gasteiger partial charge in [-0.15, -0.1) is 23.2 Å². The molecule has 4 rings (SSSR count). The lowest BCUT2D eigenvalue weighted by Crippen LogP contribution is -2.67. The number of alkyl halides is 2. The second kappa shape index (κ2) is 6.41. The van der Waals surface area contributed by atoms with E-state index < -0.39 is 28.4 Å². The predicted octanol–water partition coefficient (Wildman–Crippen LogP) is 3.27. The minimum atomic E-state index is -0.984. The number of aliphatic hydroxyl groups is 2. The first-order valence-corrected chi connectivity index (χ1v) is 10.9. The lowest BCUT2D eigenvalue weighted by molar-refractivity contribution is -0.138. The molecule has 0 amide bonds. The maximum absolute atomic E-state index is 12.6. The zero-order chi connectivity index (χ0) is 20.6. The van der Waals surface area contributed by atoms with E-state index in [9.17, 15) is 19.8 Å². The molecule has 0 bridgehead atoms. The van der Waals surface area contributed by atoms with Crippen molar-refractivity contribution in [2.75, 3.05) is 6.61 Å². The Morgan fingerprint density at radius 3 is 2.61 bits per heavy atom. The zero-order valence-electron chi connectivity index (χ0n) is 16.5. The highest BCUT2D eigenvalue weighted by molar-refractivity contribution is 6.28. The van der Waals surface area contributed by atoms with Crippen LogP contribution in [-0.2, 0) is 9.59 Å². The maximum Gasteiger partial charge on any atom is 0.178 e. The second-order valence-electron chi connectivity index (χ2n) is 9.76. The van der Waals surface area contributed by atoms with Crippen LogP contribution >= 0.6 is 23.2 Å². The first kappa shape index (κ1) is 20.6. The Morgan fingerprint density at radius 1 is 1.29 bits per heavy atom. The van der Waals surface area contributed by atoms with Gasteiger partial charge in [-0.05, 0) is 60.2 Å². The van der Waals surface area contributed by atoms with Gasteiger partial charge in [0.1, 0.15) is 6.61 Å². The van der Waals surface area contributed by atoms with E-state index in [4.69, 9.17) is 23.2 Å². The van der Waals surface area contributed by atoms with E-state index in [0.717, 1.165) is 12.0 Å². The number of Topliss-reactive ketones (excluding diaryl/α,β-unsaturated/α-hetero) is 1. The fourth-order valence-electron chi connectivity index (χ4n) is 7.36. The van der Waals surface area contributed by atoms with Crippen LogP contribution in [0.1, 0.15) is 40.0 Å². The van der Waals surface area contributed by atoms with Crippen LogP contribution in [0.2, 0.25) is 0 Å². The molecule has 3 fully saturated rings. The average Bonchev–Trinajstić information content (AvgIpc) is 2.89. The molecule has 28 heavy (non-hydrogen) atoms. The quantitative estimate of drug-likeness (QED) is 0.664. The third kappa shape index (κ3) is 2.38. The molecule has 0 spiro atoms. The van der Waals surface area contributed by atoms with E-state index in [2.05, 4.69) is 13.8 Å². The Bertz CT molecular complexity index is 791. The van der Waals surface area contributed by atoms with Crippen molar-refractivity contribution in [3.63, 3.8) is 0 Å². The van der Waals surface area contributed by atoms with Crippen LogP contribution in [0.5, 0.6) is 0 Å². The Balaban J connectivity index is 1.84. The van der Waals surface area contributed by atoms with Crippen molar-refractivity contribution in [1.29, 1.82) is 0 Å². The summed E-state index contributed by atoms with van der Waals surface area (Å²) < 4.78 is 0. The van der Waals surface area contributed by atoms with Crippen molar-refractivity contribution in [2.45, 2.75) is 56.4 Å². The molecule has 0 aromatic carbocycles. The third-order valence-corrected chi connectivity index (χ3v) is 9.81. The highest BCUT2D eigenvalue weighted by Crippen LogP contribution is 2.70. The van der Waals surface area contributed by atoms with Gasteiger partial charge in [0.25, 0.3) is 0 Å². The van der Waals surface area contributed by atoms with Crippen molar-refractivity contribution in [3.05, 3.63) is 23.8 Å². The minimum Gasteiger partial charge on any atom is -0.391 e. The zero-order valence-corrected chi connectivity index (χ0v) is 18.0. The fraction of sp³-hybridized carbons (Fsp3) is 0.727. The van der Waals surface area contributed by atoms with Gasteiger partial charge in [-0.3, -0.25) is 9.59 Å². The number of hydrogen-bond donors (Lipinski definition) is 2. The maximum atomic E-state index is 12.6. The lowest BCUT2D eigenvalue weighted by Gasteiger charge is -2.64. The van der Waals surface area contributed by atoms with E-state index >= 15 is 0 Å². The van der Waals surface area contributed by atoms with Crippen LogP contribution in [0.3, 0.4) is 0 Å². The van der Waals surface area contributed by atoms with Gasteiger partial charge >= 0.3 is 0 Å². The number of fused-ring (bicyclic) bond motifs is 5. The normalized spacial score (nSPS) is 52.5. The molecular weight excluding hydrogens is 399 g/mol. The van der Waals surface area contributed by atoms with Crippen LogP contribution in [0.25, 0.3) is 0 Å². The SMILES string of the molecule is CC1C[C@H]2[C@@H]3CC(Cl)C4=CC(=O)C=C[C@]4(C)[C@@]3(Cl)C(O)C[C@]2(C)[C@H]1C(=O)CO. The summed E-state index contributed by atoms with van der Waals surface area (Å²) >= 11 is 14.1. The van der Waals surface area contributed by atoms with Crippen LogP contribution in [0, 0.1) is 34.5 Å². The third-order valence-electron chi connectivity index (χ3n) is 8.47. The number of allylic oxidation sites excluding steroid dienone is 4. The van der Waals surface area contributed by atoms with Gasteiger partial charge < -0.3 is 10.2 Å². The molecule has 0 aromatic heterocycles. The second-order valence-corrected chi connectivity index (χ2v) is 10.9. The molecule has 0 saturated heterocycles. The molecule has 4 aliphatic carbocycles. The summed E-state index contributed by atoms with van der Waals surface area (Å²) in [6.07, 6.45) is 5.85. The first-order valence-electron chi connectivity index (χ1n) is 10.1. The topological polar surface area (TPSA) is 74.6 Å². The summed E-state index contributed by atoms with van der Waals surface area (Å²) in [5.74, 6) is -0.405. The van der Waals surface area contributed by atoms with E-state index in [1.807, 2.05) is 13.0 Å².